The molecule has 1 aromatic heterocycles. The maximum atomic E-state index is 11.9. The fourth-order valence-corrected chi connectivity index (χ4v) is 2.11. The molecule has 0 radical (unpaired) electrons. The lowest BCUT2D eigenvalue weighted by Gasteiger charge is -2.20. The van der Waals surface area contributed by atoms with Crippen LogP contribution in [0.5, 0.6) is 0 Å². The van der Waals surface area contributed by atoms with Gasteiger partial charge >= 0.3 is 0 Å². The lowest BCUT2D eigenvalue weighted by molar-refractivity contribution is -0.117. The lowest BCUT2D eigenvalue weighted by Crippen LogP contribution is -2.34. The zero-order valence-electron chi connectivity index (χ0n) is 11.1. The van der Waals surface area contributed by atoms with Gasteiger partial charge in [0.05, 0.1) is 18.4 Å². The second kappa shape index (κ2) is 5.96. The summed E-state index contributed by atoms with van der Waals surface area (Å²) in [5.41, 5.74) is 2.01. The van der Waals surface area contributed by atoms with Crippen LogP contribution in [0.4, 0.5) is 5.69 Å². The van der Waals surface area contributed by atoms with Gasteiger partial charge in [-0.15, -0.1) is 0 Å². The molecule has 1 atom stereocenters. The molecule has 1 aromatic rings. The van der Waals surface area contributed by atoms with Gasteiger partial charge in [-0.25, -0.2) is 0 Å². The number of aromatic nitrogens is 1. The van der Waals surface area contributed by atoms with Crippen LogP contribution in [0.2, 0.25) is 0 Å². The minimum Gasteiger partial charge on any atom is -0.310 e. The Morgan fingerprint density at radius 2 is 2.33 bits per heavy atom. The summed E-state index contributed by atoms with van der Waals surface area (Å²) in [6, 6.07) is 4.05. The lowest BCUT2D eigenvalue weighted by atomic mass is 10.0. The van der Waals surface area contributed by atoms with E-state index in [4.69, 9.17) is 0 Å². The number of nitrogens with zero attached hydrogens (tertiary/aromatic N) is 2. The van der Waals surface area contributed by atoms with Crippen LogP contribution in [-0.2, 0) is 4.79 Å². The Morgan fingerprint density at radius 3 is 3.00 bits per heavy atom. The molecule has 4 nitrogen and oxygen atoms in total. The number of hydrogen-bond acceptors (Lipinski definition) is 3. The zero-order valence-corrected chi connectivity index (χ0v) is 11.1. The number of anilines is 1. The highest BCUT2D eigenvalue weighted by Crippen LogP contribution is 2.20. The Kier molecular flexibility index (Phi) is 4.31. The molecule has 1 unspecified atom stereocenters. The van der Waals surface area contributed by atoms with Crippen LogP contribution < -0.4 is 10.2 Å². The third kappa shape index (κ3) is 2.88. The van der Waals surface area contributed by atoms with E-state index in [9.17, 15) is 4.79 Å². The van der Waals surface area contributed by atoms with Crippen LogP contribution in [0.1, 0.15) is 38.3 Å². The molecular weight excluding hydrogens is 226 g/mol. The highest BCUT2D eigenvalue weighted by Gasteiger charge is 2.18. The molecule has 4 heteroatoms. The highest BCUT2D eigenvalue weighted by atomic mass is 16.2. The fraction of sp³-hybridized carbons (Fsp3) is 0.571. The van der Waals surface area contributed by atoms with Gasteiger partial charge in [-0.3, -0.25) is 9.78 Å². The topological polar surface area (TPSA) is 45.2 Å². The van der Waals surface area contributed by atoms with Crippen molar-refractivity contribution in [2.24, 2.45) is 0 Å². The van der Waals surface area contributed by atoms with Gasteiger partial charge in [-0.1, -0.05) is 13.8 Å². The van der Waals surface area contributed by atoms with Gasteiger partial charge < -0.3 is 10.2 Å². The first-order valence-electron chi connectivity index (χ1n) is 6.69. The third-order valence-electron chi connectivity index (χ3n) is 3.51. The van der Waals surface area contributed by atoms with Crippen molar-refractivity contribution in [3.05, 3.63) is 24.0 Å². The quantitative estimate of drug-likeness (QED) is 0.887. The van der Waals surface area contributed by atoms with E-state index < -0.39 is 0 Å². The summed E-state index contributed by atoms with van der Waals surface area (Å²) < 4.78 is 0. The SMILES string of the molecule is CCC(C)c1ccc(N2CCCNCC2=O)cn1. The molecule has 0 spiro atoms. The number of nitrogens with one attached hydrogen (secondary N) is 1. The molecule has 2 heterocycles. The summed E-state index contributed by atoms with van der Waals surface area (Å²) in [4.78, 5) is 18.2. The van der Waals surface area contributed by atoms with Crippen LogP contribution in [0.25, 0.3) is 0 Å². The predicted octanol–water partition coefficient (Wildman–Crippen LogP) is 1.92. The molecule has 2 rings (SSSR count). The molecule has 0 saturated carbocycles. The van der Waals surface area contributed by atoms with E-state index in [1.807, 2.05) is 23.2 Å². The third-order valence-corrected chi connectivity index (χ3v) is 3.51. The number of pyridine rings is 1. The molecular formula is C14H21N3O. The average molecular weight is 247 g/mol. The second-order valence-electron chi connectivity index (χ2n) is 4.83. The minimum atomic E-state index is 0.130. The molecule has 1 aliphatic rings. The molecule has 0 bridgehead atoms. The van der Waals surface area contributed by atoms with Gasteiger partial charge in [-0.05, 0) is 37.4 Å². The van der Waals surface area contributed by atoms with Crippen LogP contribution in [0, 0.1) is 0 Å². The van der Waals surface area contributed by atoms with Crippen LogP contribution in [-0.4, -0.2) is 30.5 Å². The first kappa shape index (κ1) is 13.0. The van der Waals surface area contributed by atoms with E-state index in [-0.39, 0.29) is 5.91 Å². The van der Waals surface area contributed by atoms with Crippen molar-refractivity contribution in [1.29, 1.82) is 0 Å². The summed E-state index contributed by atoms with van der Waals surface area (Å²) in [6.07, 6.45) is 3.89. The largest absolute Gasteiger partial charge is 0.310 e. The standard InChI is InChI=1S/C14H21N3O/c1-3-11(2)13-6-5-12(9-16-13)17-8-4-7-15-10-14(17)18/h5-6,9,11,15H,3-4,7-8,10H2,1-2H3. The van der Waals surface area contributed by atoms with Crippen molar-refractivity contribution >= 4 is 11.6 Å². The number of carbonyl (C=O) groups excluding carboxylic acids is 1. The van der Waals surface area contributed by atoms with Crippen molar-refractivity contribution in [1.82, 2.24) is 10.3 Å². The molecule has 18 heavy (non-hydrogen) atoms. The van der Waals surface area contributed by atoms with E-state index in [1.165, 1.54) is 0 Å². The van der Waals surface area contributed by atoms with Gasteiger partial charge in [0.25, 0.3) is 0 Å². The summed E-state index contributed by atoms with van der Waals surface area (Å²) in [5, 5.41) is 3.12. The van der Waals surface area contributed by atoms with Gasteiger partial charge in [0.1, 0.15) is 0 Å². The van der Waals surface area contributed by atoms with E-state index in [1.54, 1.807) is 0 Å². The Balaban J connectivity index is 2.15. The first-order valence-corrected chi connectivity index (χ1v) is 6.69. The van der Waals surface area contributed by atoms with Crippen LogP contribution in [0.15, 0.2) is 18.3 Å². The number of rotatable bonds is 3. The molecule has 98 valence electrons. The predicted molar refractivity (Wildman–Crippen MR) is 72.8 cm³/mol. The maximum Gasteiger partial charge on any atom is 0.240 e. The fourth-order valence-electron chi connectivity index (χ4n) is 2.11. The van der Waals surface area contributed by atoms with Gasteiger partial charge in [0.2, 0.25) is 5.91 Å². The normalized spacial score (nSPS) is 18.6. The number of amides is 1. The van der Waals surface area contributed by atoms with Gasteiger partial charge in [0, 0.05) is 12.2 Å². The summed E-state index contributed by atoms with van der Waals surface area (Å²) in [7, 11) is 0. The summed E-state index contributed by atoms with van der Waals surface area (Å²) >= 11 is 0. The number of hydrogen-bond donors (Lipinski definition) is 1. The number of carbonyl (C=O) groups is 1. The smallest absolute Gasteiger partial charge is 0.240 e. The van der Waals surface area contributed by atoms with Gasteiger partial charge in [-0.2, -0.15) is 0 Å². The Bertz CT molecular complexity index is 402. The second-order valence-corrected chi connectivity index (χ2v) is 4.83. The van der Waals surface area contributed by atoms with Crippen LogP contribution >= 0.6 is 0 Å². The van der Waals surface area contributed by atoms with Crippen molar-refractivity contribution in [3.63, 3.8) is 0 Å². The monoisotopic (exact) mass is 247 g/mol. The summed E-state index contributed by atoms with van der Waals surface area (Å²) in [5.74, 6) is 0.603. The Morgan fingerprint density at radius 1 is 1.50 bits per heavy atom. The summed E-state index contributed by atoms with van der Waals surface area (Å²) in [6.45, 7) is 6.43. The molecule has 1 fully saturated rings. The average Bonchev–Trinajstić information content (AvgIpc) is 2.63. The van der Waals surface area contributed by atoms with E-state index in [0.29, 0.717) is 12.5 Å². The minimum absolute atomic E-state index is 0.130. The van der Waals surface area contributed by atoms with Crippen molar-refractivity contribution < 1.29 is 4.79 Å². The van der Waals surface area contributed by atoms with E-state index in [2.05, 4.69) is 24.1 Å². The molecule has 0 aromatic carbocycles. The van der Waals surface area contributed by atoms with Crippen molar-refractivity contribution in [3.8, 4) is 0 Å². The Labute approximate surface area is 108 Å². The first-order chi connectivity index (χ1) is 8.72. The van der Waals surface area contributed by atoms with E-state index >= 15 is 0 Å². The van der Waals surface area contributed by atoms with Crippen molar-refractivity contribution in [2.75, 3.05) is 24.5 Å². The zero-order chi connectivity index (χ0) is 13.0. The molecule has 0 aliphatic carbocycles. The molecule has 1 saturated heterocycles. The van der Waals surface area contributed by atoms with Crippen LogP contribution in [0.3, 0.4) is 0 Å². The molecule has 1 aliphatic heterocycles. The maximum absolute atomic E-state index is 11.9. The Hall–Kier alpha value is -1.42. The molecule has 1 amide bonds. The molecule has 1 N–H and O–H groups in total. The highest BCUT2D eigenvalue weighted by molar-refractivity contribution is 5.94. The van der Waals surface area contributed by atoms with Crippen molar-refractivity contribution in [2.45, 2.75) is 32.6 Å². The van der Waals surface area contributed by atoms with E-state index in [0.717, 1.165) is 37.3 Å². The van der Waals surface area contributed by atoms with Gasteiger partial charge in [0.15, 0.2) is 0 Å².